The molecule has 0 amide bonds. The number of benzene rings is 2. The molecule has 0 bridgehead atoms. The molecular weight excluding hydrogens is 342 g/mol. The average molecular weight is 359 g/mol. The van der Waals surface area contributed by atoms with Gasteiger partial charge in [0.15, 0.2) is 5.65 Å². The third kappa shape index (κ3) is 3.35. The van der Waals surface area contributed by atoms with Crippen molar-refractivity contribution in [1.29, 1.82) is 0 Å². The normalized spacial score (nSPS) is 10.7. The van der Waals surface area contributed by atoms with E-state index in [1.165, 1.54) is 6.33 Å². The van der Waals surface area contributed by atoms with Crippen molar-refractivity contribution in [2.45, 2.75) is 6.92 Å². The number of fused-ring (bicyclic) bond motifs is 1. The number of anilines is 2. The minimum absolute atomic E-state index is 0.336. The third-order valence-electron chi connectivity index (χ3n) is 4.03. The summed E-state index contributed by atoms with van der Waals surface area (Å²) in [5.74, 6) is 0.309. The van der Waals surface area contributed by atoms with Crippen LogP contribution in [0.2, 0.25) is 0 Å². The molecule has 0 spiro atoms. The van der Waals surface area contributed by atoms with E-state index in [1.54, 1.807) is 29.9 Å². The maximum absolute atomic E-state index is 11.8. The van der Waals surface area contributed by atoms with Crippen molar-refractivity contribution in [3.05, 3.63) is 72.7 Å². The number of nitrogens with zero attached hydrogens (tertiary/aromatic N) is 4. The number of hydrogen-bond donors (Lipinski definition) is 1. The molecule has 2 aromatic heterocycles. The zero-order valence-corrected chi connectivity index (χ0v) is 14.7. The predicted octanol–water partition coefficient (Wildman–Crippen LogP) is 3.74. The van der Waals surface area contributed by atoms with Crippen LogP contribution < -0.4 is 5.32 Å². The molecule has 27 heavy (non-hydrogen) atoms. The monoisotopic (exact) mass is 359 g/mol. The van der Waals surface area contributed by atoms with E-state index in [0.29, 0.717) is 23.6 Å². The fraction of sp³-hybridized carbons (Fsp3) is 0.100. The van der Waals surface area contributed by atoms with Gasteiger partial charge in [-0.25, -0.2) is 19.4 Å². The van der Waals surface area contributed by atoms with Gasteiger partial charge in [-0.15, -0.1) is 0 Å². The molecule has 4 rings (SSSR count). The summed E-state index contributed by atoms with van der Waals surface area (Å²) in [5, 5.41) is 8.49. The number of para-hydroxylation sites is 1. The summed E-state index contributed by atoms with van der Waals surface area (Å²) in [6.45, 7) is 2.13. The van der Waals surface area contributed by atoms with Crippen LogP contribution in [0.1, 0.15) is 17.3 Å². The van der Waals surface area contributed by atoms with Crippen LogP contribution in [0.15, 0.2) is 67.1 Å². The van der Waals surface area contributed by atoms with Gasteiger partial charge in [-0.3, -0.25) is 0 Å². The first-order valence-electron chi connectivity index (χ1n) is 8.54. The lowest BCUT2D eigenvalue weighted by atomic mass is 10.2. The van der Waals surface area contributed by atoms with Crippen molar-refractivity contribution >= 4 is 28.5 Å². The first-order chi connectivity index (χ1) is 13.3. The molecule has 0 aliphatic rings. The van der Waals surface area contributed by atoms with Crippen molar-refractivity contribution in [1.82, 2.24) is 19.7 Å². The van der Waals surface area contributed by atoms with Crippen molar-refractivity contribution < 1.29 is 9.53 Å². The van der Waals surface area contributed by atoms with Gasteiger partial charge < -0.3 is 10.1 Å². The summed E-state index contributed by atoms with van der Waals surface area (Å²) >= 11 is 0. The first kappa shape index (κ1) is 16.7. The number of ether oxygens (including phenoxy) is 1. The number of nitrogens with one attached hydrogen (secondary N) is 1. The second-order valence-electron chi connectivity index (χ2n) is 5.77. The van der Waals surface area contributed by atoms with Gasteiger partial charge in [-0.05, 0) is 43.3 Å². The molecule has 1 N–H and O–H groups in total. The van der Waals surface area contributed by atoms with E-state index < -0.39 is 0 Å². The smallest absolute Gasteiger partial charge is 0.338 e. The molecule has 7 heteroatoms. The highest BCUT2D eigenvalue weighted by Crippen LogP contribution is 2.24. The zero-order valence-electron chi connectivity index (χ0n) is 14.7. The van der Waals surface area contributed by atoms with Gasteiger partial charge in [-0.1, -0.05) is 18.2 Å². The minimum Gasteiger partial charge on any atom is -0.462 e. The Hall–Kier alpha value is -3.74. The molecule has 4 aromatic rings. The van der Waals surface area contributed by atoms with E-state index in [9.17, 15) is 4.79 Å². The fourth-order valence-electron chi connectivity index (χ4n) is 2.74. The summed E-state index contributed by atoms with van der Waals surface area (Å²) in [4.78, 5) is 20.4. The number of esters is 1. The van der Waals surface area contributed by atoms with Crippen LogP contribution in [0.25, 0.3) is 16.7 Å². The van der Waals surface area contributed by atoms with E-state index in [0.717, 1.165) is 16.8 Å². The Kier molecular flexibility index (Phi) is 4.49. The molecule has 0 saturated heterocycles. The lowest BCUT2D eigenvalue weighted by molar-refractivity contribution is 0.0526. The van der Waals surface area contributed by atoms with Gasteiger partial charge in [0.2, 0.25) is 0 Å². The van der Waals surface area contributed by atoms with Crippen LogP contribution in [0.3, 0.4) is 0 Å². The van der Waals surface area contributed by atoms with E-state index in [1.807, 2.05) is 42.5 Å². The molecule has 0 aliphatic carbocycles. The molecule has 0 aliphatic heterocycles. The number of rotatable bonds is 5. The van der Waals surface area contributed by atoms with Crippen LogP contribution in [-0.2, 0) is 4.74 Å². The van der Waals surface area contributed by atoms with Crippen molar-refractivity contribution in [2.24, 2.45) is 0 Å². The Balaban J connectivity index is 1.63. The molecule has 0 saturated carbocycles. The van der Waals surface area contributed by atoms with Crippen LogP contribution in [0, 0.1) is 0 Å². The number of aromatic nitrogens is 4. The molecule has 134 valence electrons. The van der Waals surface area contributed by atoms with Gasteiger partial charge in [0.25, 0.3) is 0 Å². The molecule has 0 radical (unpaired) electrons. The highest BCUT2D eigenvalue weighted by Gasteiger charge is 2.12. The van der Waals surface area contributed by atoms with Crippen molar-refractivity contribution in [2.75, 3.05) is 11.9 Å². The quantitative estimate of drug-likeness (QED) is 0.547. The van der Waals surface area contributed by atoms with Gasteiger partial charge in [0, 0.05) is 5.69 Å². The van der Waals surface area contributed by atoms with E-state index in [-0.39, 0.29) is 5.97 Å². The van der Waals surface area contributed by atoms with Crippen molar-refractivity contribution in [3.8, 4) is 5.69 Å². The number of hydrogen-bond acceptors (Lipinski definition) is 6. The van der Waals surface area contributed by atoms with Gasteiger partial charge >= 0.3 is 5.97 Å². The number of carbonyl (C=O) groups excluding carboxylic acids is 1. The Morgan fingerprint density at radius 2 is 1.85 bits per heavy atom. The third-order valence-corrected chi connectivity index (χ3v) is 4.03. The molecule has 2 aromatic carbocycles. The van der Waals surface area contributed by atoms with E-state index >= 15 is 0 Å². The largest absolute Gasteiger partial charge is 0.462 e. The summed E-state index contributed by atoms with van der Waals surface area (Å²) in [5.41, 5.74) is 2.94. The lowest BCUT2D eigenvalue weighted by Crippen LogP contribution is -2.04. The zero-order chi connectivity index (χ0) is 18.6. The average Bonchev–Trinajstić information content (AvgIpc) is 3.15. The van der Waals surface area contributed by atoms with Crippen LogP contribution in [0.5, 0.6) is 0 Å². The highest BCUT2D eigenvalue weighted by atomic mass is 16.5. The second-order valence-corrected chi connectivity index (χ2v) is 5.77. The van der Waals surface area contributed by atoms with E-state index in [2.05, 4.69) is 20.4 Å². The van der Waals surface area contributed by atoms with Crippen molar-refractivity contribution in [3.63, 3.8) is 0 Å². The Bertz CT molecular complexity index is 1070. The summed E-state index contributed by atoms with van der Waals surface area (Å²) in [6, 6.07) is 16.8. The molecule has 0 unspecified atom stereocenters. The summed E-state index contributed by atoms with van der Waals surface area (Å²) in [6.07, 6.45) is 3.23. The van der Waals surface area contributed by atoms with Gasteiger partial charge in [-0.2, -0.15) is 5.10 Å². The maximum Gasteiger partial charge on any atom is 0.338 e. The molecule has 0 fully saturated rings. The molecule has 7 nitrogen and oxygen atoms in total. The van der Waals surface area contributed by atoms with Crippen LogP contribution in [-0.4, -0.2) is 32.3 Å². The summed E-state index contributed by atoms with van der Waals surface area (Å²) in [7, 11) is 0. The minimum atomic E-state index is -0.336. The maximum atomic E-state index is 11.8. The van der Waals surface area contributed by atoms with Gasteiger partial charge in [0.05, 0.1) is 29.4 Å². The molecular formula is C20H17N5O2. The Labute approximate surface area is 155 Å². The highest BCUT2D eigenvalue weighted by molar-refractivity contribution is 5.91. The lowest BCUT2D eigenvalue weighted by Gasteiger charge is -2.08. The predicted molar refractivity (Wildman–Crippen MR) is 102 cm³/mol. The van der Waals surface area contributed by atoms with Crippen LogP contribution >= 0.6 is 0 Å². The van der Waals surface area contributed by atoms with Crippen LogP contribution in [0.4, 0.5) is 11.5 Å². The standard InChI is InChI=1S/C20H17N5O2/c1-2-27-20(26)14-8-10-15(11-9-14)24-18-17-12-23-25(19(17)22-13-21-18)16-6-4-3-5-7-16/h3-13H,2H2,1H3,(H,21,22,24). The number of carbonyl (C=O) groups is 1. The Morgan fingerprint density at radius 3 is 2.59 bits per heavy atom. The van der Waals surface area contributed by atoms with E-state index in [4.69, 9.17) is 4.74 Å². The Morgan fingerprint density at radius 1 is 1.07 bits per heavy atom. The molecule has 2 heterocycles. The summed E-state index contributed by atoms with van der Waals surface area (Å²) < 4.78 is 6.77. The first-order valence-corrected chi connectivity index (χ1v) is 8.54. The van der Waals surface area contributed by atoms with Gasteiger partial charge in [0.1, 0.15) is 12.1 Å². The SMILES string of the molecule is CCOC(=O)c1ccc(Nc2ncnc3c2cnn3-c2ccccc2)cc1. The fourth-order valence-corrected chi connectivity index (χ4v) is 2.74. The topological polar surface area (TPSA) is 81.9 Å². The molecule has 0 atom stereocenters. The second kappa shape index (κ2) is 7.25.